The Hall–Kier alpha value is -2.62. The molecule has 120 valence electrons. The van der Waals surface area contributed by atoms with E-state index in [4.69, 9.17) is 0 Å². The number of rotatable bonds is 6. The number of anilines is 1. The van der Waals surface area contributed by atoms with Crippen molar-refractivity contribution >= 4 is 17.8 Å². The highest BCUT2D eigenvalue weighted by molar-refractivity contribution is 5.96. The van der Waals surface area contributed by atoms with Crippen molar-refractivity contribution in [3.63, 3.8) is 0 Å². The second-order valence-electron chi connectivity index (χ2n) is 5.28. The zero-order valence-corrected chi connectivity index (χ0v) is 13.9. The van der Waals surface area contributed by atoms with Gasteiger partial charge >= 0.3 is 0 Å². The molecule has 0 heterocycles. The Morgan fingerprint density at radius 3 is 2.35 bits per heavy atom. The van der Waals surface area contributed by atoms with Crippen molar-refractivity contribution in [1.82, 2.24) is 5.43 Å². The van der Waals surface area contributed by atoms with Gasteiger partial charge in [-0.3, -0.25) is 4.79 Å². The first-order valence-corrected chi connectivity index (χ1v) is 7.89. The number of hydrazone groups is 1. The first-order valence-electron chi connectivity index (χ1n) is 7.89. The van der Waals surface area contributed by atoms with Gasteiger partial charge in [0.1, 0.15) is 0 Å². The van der Waals surface area contributed by atoms with Gasteiger partial charge in [-0.05, 0) is 50.1 Å². The summed E-state index contributed by atoms with van der Waals surface area (Å²) in [7, 11) is 0. The van der Waals surface area contributed by atoms with Gasteiger partial charge in [0.15, 0.2) is 0 Å². The molecule has 0 bridgehead atoms. The predicted molar refractivity (Wildman–Crippen MR) is 96.2 cm³/mol. The zero-order chi connectivity index (χ0) is 16.7. The molecule has 0 aromatic heterocycles. The number of hydrogen-bond donors (Lipinski definition) is 1. The smallest absolute Gasteiger partial charge is 0.271 e. The molecule has 2 aromatic rings. The third-order valence-corrected chi connectivity index (χ3v) is 3.79. The van der Waals surface area contributed by atoms with Gasteiger partial charge in [0.25, 0.3) is 5.91 Å². The highest BCUT2D eigenvalue weighted by Gasteiger charge is 2.06. The molecule has 2 aromatic carbocycles. The molecule has 2 rings (SSSR count). The summed E-state index contributed by atoms with van der Waals surface area (Å²) in [5.41, 5.74) is 6.28. The molecular weight excluding hydrogens is 286 g/mol. The molecule has 0 unspecified atom stereocenters. The molecule has 0 fully saturated rings. The summed E-state index contributed by atoms with van der Waals surface area (Å²) in [5.74, 6) is -0.195. The molecule has 1 amide bonds. The monoisotopic (exact) mass is 309 g/mol. The molecule has 0 atom stereocenters. The van der Waals surface area contributed by atoms with Crippen molar-refractivity contribution in [2.75, 3.05) is 18.0 Å². The molecule has 23 heavy (non-hydrogen) atoms. The van der Waals surface area contributed by atoms with Crippen molar-refractivity contribution in [1.29, 1.82) is 0 Å². The van der Waals surface area contributed by atoms with Crippen LogP contribution in [-0.2, 0) is 0 Å². The lowest BCUT2D eigenvalue weighted by atomic mass is 10.1. The van der Waals surface area contributed by atoms with Gasteiger partial charge < -0.3 is 4.90 Å². The molecule has 0 radical (unpaired) electrons. The van der Waals surface area contributed by atoms with Gasteiger partial charge in [-0.1, -0.05) is 30.3 Å². The summed E-state index contributed by atoms with van der Waals surface area (Å²) in [6.45, 7) is 8.15. The Balaban J connectivity index is 1.98. The maximum atomic E-state index is 12.0. The van der Waals surface area contributed by atoms with Gasteiger partial charge in [0, 0.05) is 24.3 Å². The molecule has 0 saturated heterocycles. The summed E-state index contributed by atoms with van der Waals surface area (Å²) in [6.07, 6.45) is 1.65. The van der Waals surface area contributed by atoms with Gasteiger partial charge in [-0.25, -0.2) is 5.43 Å². The van der Waals surface area contributed by atoms with Crippen LogP contribution in [0.1, 0.15) is 35.3 Å². The highest BCUT2D eigenvalue weighted by atomic mass is 16.2. The van der Waals surface area contributed by atoms with E-state index >= 15 is 0 Å². The van der Waals surface area contributed by atoms with E-state index in [0.717, 1.165) is 24.2 Å². The Morgan fingerprint density at radius 1 is 1.09 bits per heavy atom. The number of aryl methyl sites for hydroxylation is 1. The number of nitrogens with one attached hydrogen (secondary N) is 1. The van der Waals surface area contributed by atoms with E-state index < -0.39 is 0 Å². The molecule has 0 saturated carbocycles. The fourth-order valence-corrected chi connectivity index (χ4v) is 2.41. The van der Waals surface area contributed by atoms with Crippen LogP contribution in [0.4, 0.5) is 5.69 Å². The van der Waals surface area contributed by atoms with Gasteiger partial charge in [-0.15, -0.1) is 0 Å². The van der Waals surface area contributed by atoms with Crippen LogP contribution in [0.5, 0.6) is 0 Å². The van der Waals surface area contributed by atoms with Crippen LogP contribution in [-0.4, -0.2) is 25.2 Å². The maximum absolute atomic E-state index is 12.0. The average Bonchev–Trinajstić information content (AvgIpc) is 2.57. The second-order valence-corrected chi connectivity index (χ2v) is 5.28. The lowest BCUT2D eigenvalue weighted by Crippen LogP contribution is -2.21. The van der Waals surface area contributed by atoms with Crippen molar-refractivity contribution < 1.29 is 4.79 Å². The lowest BCUT2D eigenvalue weighted by Gasteiger charge is -2.20. The third-order valence-electron chi connectivity index (χ3n) is 3.79. The molecule has 0 aliphatic carbocycles. The minimum absolute atomic E-state index is 0.195. The van der Waals surface area contributed by atoms with E-state index in [1.54, 1.807) is 12.3 Å². The first kappa shape index (κ1) is 16.7. The molecule has 0 aliphatic rings. The summed E-state index contributed by atoms with van der Waals surface area (Å²) in [6, 6.07) is 15.6. The standard InChI is InChI=1S/C19H23N3O/c1-4-22(5-2)17-12-10-16(11-13-17)14-20-21-19(23)18-9-7-6-8-15(18)3/h6-14H,4-5H2,1-3H3,(H,21,23). The van der Waals surface area contributed by atoms with Gasteiger partial charge in [0.05, 0.1) is 6.21 Å². The number of hydrogen-bond acceptors (Lipinski definition) is 3. The average molecular weight is 309 g/mol. The van der Waals surface area contributed by atoms with Crippen LogP contribution in [0.25, 0.3) is 0 Å². The number of carbonyl (C=O) groups is 1. The minimum Gasteiger partial charge on any atom is -0.372 e. The van der Waals surface area contributed by atoms with E-state index in [9.17, 15) is 4.79 Å². The lowest BCUT2D eigenvalue weighted by molar-refractivity contribution is 0.0954. The maximum Gasteiger partial charge on any atom is 0.271 e. The Labute approximate surface area is 137 Å². The van der Waals surface area contributed by atoms with E-state index in [1.807, 2.05) is 37.3 Å². The van der Waals surface area contributed by atoms with E-state index in [2.05, 4.69) is 41.4 Å². The number of carbonyl (C=O) groups excluding carboxylic acids is 1. The van der Waals surface area contributed by atoms with Gasteiger partial charge in [0.2, 0.25) is 0 Å². The van der Waals surface area contributed by atoms with E-state index in [-0.39, 0.29) is 5.91 Å². The first-order chi connectivity index (χ1) is 11.2. The van der Waals surface area contributed by atoms with Crippen LogP contribution in [0.3, 0.4) is 0 Å². The molecule has 0 spiro atoms. The number of amides is 1. The predicted octanol–water partition coefficient (Wildman–Crippen LogP) is 3.61. The third kappa shape index (κ3) is 4.42. The number of benzene rings is 2. The second kappa shape index (κ2) is 8.13. The van der Waals surface area contributed by atoms with Crippen LogP contribution in [0.15, 0.2) is 53.6 Å². The molecular formula is C19H23N3O. The van der Waals surface area contributed by atoms with Crippen molar-refractivity contribution in [2.45, 2.75) is 20.8 Å². The van der Waals surface area contributed by atoms with Crippen LogP contribution >= 0.6 is 0 Å². The molecule has 1 N–H and O–H groups in total. The quantitative estimate of drug-likeness (QED) is 0.654. The fourth-order valence-electron chi connectivity index (χ4n) is 2.41. The molecule has 4 heteroatoms. The Kier molecular flexibility index (Phi) is 5.92. The zero-order valence-electron chi connectivity index (χ0n) is 13.9. The SMILES string of the molecule is CCN(CC)c1ccc(C=NNC(=O)c2ccccc2C)cc1. The van der Waals surface area contributed by atoms with E-state index in [0.29, 0.717) is 5.56 Å². The minimum atomic E-state index is -0.195. The van der Waals surface area contributed by atoms with Crippen molar-refractivity contribution in [3.8, 4) is 0 Å². The Bertz CT molecular complexity index is 673. The molecule has 0 aliphatic heterocycles. The summed E-state index contributed by atoms with van der Waals surface area (Å²) in [4.78, 5) is 14.3. The number of nitrogens with zero attached hydrogens (tertiary/aromatic N) is 2. The Morgan fingerprint density at radius 2 is 1.74 bits per heavy atom. The van der Waals surface area contributed by atoms with Crippen LogP contribution < -0.4 is 10.3 Å². The van der Waals surface area contributed by atoms with Gasteiger partial charge in [-0.2, -0.15) is 5.10 Å². The van der Waals surface area contributed by atoms with Crippen LogP contribution in [0, 0.1) is 6.92 Å². The molecule has 4 nitrogen and oxygen atoms in total. The normalized spacial score (nSPS) is 10.7. The highest BCUT2D eigenvalue weighted by Crippen LogP contribution is 2.14. The van der Waals surface area contributed by atoms with Crippen molar-refractivity contribution in [3.05, 3.63) is 65.2 Å². The van der Waals surface area contributed by atoms with E-state index in [1.165, 1.54) is 5.69 Å². The van der Waals surface area contributed by atoms with Crippen LogP contribution in [0.2, 0.25) is 0 Å². The summed E-state index contributed by atoms with van der Waals surface area (Å²) >= 11 is 0. The topological polar surface area (TPSA) is 44.7 Å². The summed E-state index contributed by atoms with van der Waals surface area (Å²) < 4.78 is 0. The fraction of sp³-hybridized carbons (Fsp3) is 0.263. The summed E-state index contributed by atoms with van der Waals surface area (Å²) in [5, 5.41) is 4.04. The van der Waals surface area contributed by atoms with Crippen molar-refractivity contribution in [2.24, 2.45) is 5.10 Å². The largest absolute Gasteiger partial charge is 0.372 e.